The Hall–Kier alpha value is -3.55. The van der Waals surface area contributed by atoms with Crippen LogP contribution in [-0.4, -0.2) is 53.6 Å². The molecule has 0 N–H and O–H groups in total. The molecule has 2 aromatic rings. The Balaban J connectivity index is 1.29. The zero-order valence-electron chi connectivity index (χ0n) is 20.2. The van der Waals surface area contributed by atoms with Crippen LogP contribution in [0.3, 0.4) is 0 Å². The van der Waals surface area contributed by atoms with Crippen molar-refractivity contribution in [2.24, 2.45) is 4.99 Å². The number of carbonyl (C=O) groups excluding carboxylic acids is 2. The van der Waals surface area contributed by atoms with Crippen molar-refractivity contribution < 1.29 is 14.0 Å². The van der Waals surface area contributed by atoms with Crippen molar-refractivity contribution in [1.82, 2.24) is 9.88 Å². The molecule has 0 saturated carbocycles. The van der Waals surface area contributed by atoms with Crippen LogP contribution in [0.15, 0.2) is 52.9 Å². The average Bonchev–Trinajstić information content (AvgIpc) is 3.28. The van der Waals surface area contributed by atoms with Crippen molar-refractivity contribution in [2.45, 2.75) is 52.0 Å². The van der Waals surface area contributed by atoms with Gasteiger partial charge in [0.05, 0.1) is 5.70 Å². The number of rotatable bonds is 4. The van der Waals surface area contributed by atoms with Crippen molar-refractivity contribution in [3.05, 3.63) is 64.9 Å². The van der Waals surface area contributed by atoms with Crippen LogP contribution in [0.2, 0.25) is 0 Å². The minimum Gasteiger partial charge on any atom is -0.356 e. The first-order valence-electron chi connectivity index (χ1n) is 12.3. The molecule has 1 aromatic heterocycles. The van der Waals surface area contributed by atoms with Crippen LogP contribution < -0.4 is 9.80 Å². The number of aliphatic imine (C=N–C) groups is 1. The van der Waals surface area contributed by atoms with E-state index >= 15 is 0 Å². The molecule has 4 heterocycles. The molecule has 0 aliphatic carbocycles. The lowest BCUT2D eigenvalue weighted by Crippen LogP contribution is -2.47. The van der Waals surface area contributed by atoms with E-state index in [1.165, 1.54) is 12.1 Å². The Morgan fingerprint density at radius 1 is 1.09 bits per heavy atom. The van der Waals surface area contributed by atoms with Crippen molar-refractivity contribution in [2.75, 3.05) is 29.4 Å². The molecule has 7 nitrogen and oxygen atoms in total. The number of allylic oxidation sites excluding steroid dienone is 2. The van der Waals surface area contributed by atoms with Crippen molar-refractivity contribution in [3.8, 4) is 0 Å². The first kappa shape index (κ1) is 23.2. The third-order valence-electron chi connectivity index (χ3n) is 7.17. The third-order valence-corrected chi connectivity index (χ3v) is 7.17. The van der Waals surface area contributed by atoms with Gasteiger partial charge in [-0.2, -0.15) is 0 Å². The Bertz CT molecular complexity index is 1220. The second kappa shape index (κ2) is 9.60. The van der Waals surface area contributed by atoms with E-state index in [1.807, 2.05) is 24.1 Å². The Labute approximate surface area is 205 Å². The van der Waals surface area contributed by atoms with Crippen LogP contribution in [0.5, 0.6) is 0 Å². The van der Waals surface area contributed by atoms with Crippen LogP contribution in [-0.2, 0) is 11.2 Å². The highest BCUT2D eigenvalue weighted by atomic mass is 19.1. The van der Waals surface area contributed by atoms with Crippen LogP contribution in [0.4, 0.5) is 15.9 Å². The van der Waals surface area contributed by atoms with Gasteiger partial charge in [-0.15, -0.1) is 0 Å². The highest BCUT2D eigenvalue weighted by Gasteiger charge is 2.31. The highest BCUT2D eigenvalue weighted by molar-refractivity contribution is 6.07. The number of amides is 2. The number of fused-ring (bicyclic) bond motifs is 1. The number of nitrogens with zero attached hydrogens (tertiary/aromatic N) is 5. The number of piperidine rings is 1. The molecule has 35 heavy (non-hydrogen) atoms. The van der Waals surface area contributed by atoms with E-state index in [9.17, 15) is 14.0 Å². The van der Waals surface area contributed by atoms with Gasteiger partial charge in [-0.3, -0.25) is 14.6 Å². The van der Waals surface area contributed by atoms with E-state index in [1.54, 1.807) is 30.2 Å². The monoisotopic (exact) mass is 475 g/mol. The first-order chi connectivity index (χ1) is 16.9. The van der Waals surface area contributed by atoms with Gasteiger partial charge in [0, 0.05) is 62.0 Å². The maximum absolute atomic E-state index is 13.6. The van der Waals surface area contributed by atoms with E-state index in [0.717, 1.165) is 67.2 Å². The molecule has 0 unspecified atom stereocenters. The molecular formula is C27H30FN5O2. The number of hydrogen-bond acceptors (Lipinski definition) is 5. The predicted octanol–water partition coefficient (Wildman–Crippen LogP) is 4.34. The van der Waals surface area contributed by atoms with Crippen LogP contribution in [0, 0.1) is 5.82 Å². The predicted molar refractivity (Wildman–Crippen MR) is 134 cm³/mol. The highest BCUT2D eigenvalue weighted by Crippen LogP contribution is 2.31. The number of carbonyl (C=O) groups is 2. The van der Waals surface area contributed by atoms with E-state index < -0.39 is 0 Å². The standard InChI is InChI=1S/C27H30FN5O2/c1-18-24(4-3-11-29-18)33(19(2)34)23-9-13-31(14-10-23)26-17-21(7-12-30-26)27(35)32-15-8-20-16-22(28)5-6-25(20)32/h5-7,11-12,16-17,23H,3-4,8-10,13-15H2,1-2H3. The normalized spacial score (nSPS) is 18.1. The van der Waals surface area contributed by atoms with Gasteiger partial charge in [-0.05, 0) is 74.9 Å². The topological polar surface area (TPSA) is 69.1 Å². The summed E-state index contributed by atoms with van der Waals surface area (Å²) in [4.78, 5) is 40.6. The van der Waals surface area contributed by atoms with E-state index in [2.05, 4.69) is 14.9 Å². The molecular weight excluding hydrogens is 445 g/mol. The summed E-state index contributed by atoms with van der Waals surface area (Å²) in [5.41, 5.74) is 4.17. The summed E-state index contributed by atoms with van der Waals surface area (Å²) < 4.78 is 13.6. The van der Waals surface area contributed by atoms with Crippen LogP contribution >= 0.6 is 0 Å². The molecule has 3 aliphatic heterocycles. The zero-order valence-corrected chi connectivity index (χ0v) is 20.2. The van der Waals surface area contributed by atoms with Gasteiger partial charge >= 0.3 is 0 Å². The molecule has 2 amide bonds. The van der Waals surface area contributed by atoms with Crippen molar-refractivity contribution in [3.63, 3.8) is 0 Å². The van der Waals surface area contributed by atoms with E-state index in [4.69, 9.17) is 0 Å². The van der Waals surface area contributed by atoms with Gasteiger partial charge in [0.25, 0.3) is 5.91 Å². The summed E-state index contributed by atoms with van der Waals surface area (Å²) >= 11 is 0. The van der Waals surface area contributed by atoms with Gasteiger partial charge in [0.15, 0.2) is 0 Å². The lowest BCUT2D eigenvalue weighted by Gasteiger charge is -2.40. The SMILES string of the molecule is CC(=O)N(C1=C(C)N=CCC1)C1CCN(c2cc(C(=O)N3CCc4cc(F)ccc43)ccn2)CC1. The molecule has 0 bridgehead atoms. The largest absolute Gasteiger partial charge is 0.356 e. The molecule has 0 radical (unpaired) electrons. The van der Waals surface area contributed by atoms with Gasteiger partial charge in [0.1, 0.15) is 11.6 Å². The molecule has 1 saturated heterocycles. The number of benzene rings is 1. The summed E-state index contributed by atoms with van der Waals surface area (Å²) in [7, 11) is 0. The molecule has 1 fully saturated rings. The van der Waals surface area contributed by atoms with Crippen molar-refractivity contribution >= 4 is 29.5 Å². The number of halogens is 1. The number of hydrogen-bond donors (Lipinski definition) is 0. The molecule has 182 valence electrons. The summed E-state index contributed by atoms with van der Waals surface area (Å²) in [5, 5.41) is 0. The molecule has 3 aliphatic rings. The van der Waals surface area contributed by atoms with Gasteiger partial charge in [0.2, 0.25) is 5.91 Å². The third kappa shape index (κ3) is 4.57. The first-order valence-corrected chi connectivity index (χ1v) is 12.3. The second-order valence-electron chi connectivity index (χ2n) is 9.37. The fraction of sp³-hybridized carbons (Fsp3) is 0.407. The maximum atomic E-state index is 13.6. The minimum atomic E-state index is -0.279. The molecule has 5 rings (SSSR count). The van der Waals surface area contributed by atoms with E-state index in [0.29, 0.717) is 18.5 Å². The Morgan fingerprint density at radius 2 is 1.89 bits per heavy atom. The van der Waals surface area contributed by atoms with Crippen molar-refractivity contribution in [1.29, 1.82) is 0 Å². The number of pyridine rings is 1. The second-order valence-corrected chi connectivity index (χ2v) is 9.37. The van der Waals surface area contributed by atoms with Gasteiger partial charge < -0.3 is 14.7 Å². The fourth-order valence-electron chi connectivity index (χ4n) is 5.44. The lowest BCUT2D eigenvalue weighted by atomic mass is 10.00. The fourth-order valence-corrected chi connectivity index (χ4v) is 5.44. The minimum absolute atomic E-state index is 0.0615. The van der Waals surface area contributed by atoms with Crippen LogP contribution in [0.1, 0.15) is 55.5 Å². The number of anilines is 2. The lowest BCUT2D eigenvalue weighted by molar-refractivity contribution is -0.129. The molecule has 0 spiro atoms. The average molecular weight is 476 g/mol. The van der Waals surface area contributed by atoms with Gasteiger partial charge in [-0.1, -0.05) is 0 Å². The Morgan fingerprint density at radius 3 is 2.63 bits per heavy atom. The summed E-state index contributed by atoms with van der Waals surface area (Å²) in [5.74, 6) is 0.446. The molecule has 0 atom stereocenters. The summed E-state index contributed by atoms with van der Waals surface area (Å²) in [6, 6.07) is 8.29. The van der Waals surface area contributed by atoms with E-state index in [-0.39, 0.29) is 23.7 Å². The van der Waals surface area contributed by atoms with Crippen LogP contribution in [0.25, 0.3) is 0 Å². The quantitative estimate of drug-likeness (QED) is 0.660. The number of aromatic nitrogens is 1. The molecule has 8 heteroatoms. The summed E-state index contributed by atoms with van der Waals surface area (Å²) in [6.45, 7) is 5.64. The maximum Gasteiger partial charge on any atom is 0.258 e. The summed E-state index contributed by atoms with van der Waals surface area (Å²) in [6.07, 6.45) is 7.59. The Kier molecular flexibility index (Phi) is 6.36. The zero-order chi connectivity index (χ0) is 24.5. The van der Waals surface area contributed by atoms with Gasteiger partial charge in [-0.25, -0.2) is 9.37 Å². The molecule has 1 aromatic carbocycles. The smallest absolute Gasteiger partial charge is 0.258 e.